The van der Waals surface area contributed by atoms with Crippen LogP contribution in [0.3, 0.4) is 0 Å². The van der Waals surface area contributed by atoms with Crippen molar-refractivity contribution in [2.24, 2.45) is 0 Å². The molecule has 186 valence electrons. The summed E-state index contributed by atoms with van der Waals surface area (Å²) in [6, 6.07) is 0. The van der Waals surface area contributed by atoms with Crippen LogP contribution < -0.4 is 0 Å². The van der Waals surface area contributed by atoms with E-state index in [4.69, 9.17) is 18.9 Å². The Bertz CT molecular complexity index is 551. The molecule has 0 unspecified atom stereocenters. The number of ether oxygens (including phenoxy) is 4. The van der Waals surface area contributed by atoms with E-state index >= 15 is 0 Å². The molecule has 0 spiro atoms. The summed E-state index contributed by atoms with van der Waals surface area (Å²) in [5.74, 6) is -0.445. The Morgan fingerprint density at radius 3 is 1.28 bits per heavy atom. The van der Waals surface area contributed by atoms with Crippen molar-refractivity contribution in [3.8, 4) is 0 Å². The fourth-order valence-electron chi connectivity index (χ4n) is 3.50. The third-order valence-corrected chi connectivity index (χ3v) is 8.05. The summed E-state index contributed by atoms with van der Waals surface area (Å²) in [4.78, 5) is 27.3. The molecule has 0 radical (unpaired) electrons. The van der Waals surface area contributed by atoms with E-state index in [-0.39, 0.29) is 22.3 Å². The molecule has 2 rings (SSSR count). The van der Waals surface area contributed by atoms with Crippen LogP contribution in [0.1, 0.15) is 39.5 Å². The van der Waals surface area contributed by atoms with Crippen molar-refractivity contribution < 1.29 is 28.5 Å². The number of amides is 2. The maximum atomic E-state index is 12.1. The summed E-state index contributed by atoms with van der Waals surface area (Å²) in [5, 5.41) is 0.565. The first-order chi connectivity index (χ1) is 15.1. The van der Waals surface area contributed by atoms with E-state index in [1.54, 1.807) is 42.0 Å². The molecular formula is C22H40N2O6S2. The van der Waals surface area contributed by atoms with Crippen LogP contribution in [-0.4, -0.2) is 110 Å². The summed E-state index contributed by atoms with van der Waals surface area (Å²) < 4.78 is 22.9. The van der Waals surface area contributed by atoms with Gasteiger partial charge < -0.3 is 28.7 Å². The average molecular weight is 493 g/mol. The van der Waals surface area contributed by atoms with Crippen LogP contribution >= 0.6 is 23.5 Å². The second-order valence-corrected chi connectivity index (χ2v) is 11.8. The molecule has 32 heavy (non-hydrogen) atoms. The van der Waals surface area contributed by atoms with Crippen LogP contribution in [-0.2, 0) is 28.5 Å². The molecular weight excluding hydrogens is 452 g/mol. The molecule has 0 aromatic heterocycles. The van der Waals surface area contributed by atoms with E-state index in [1.165, 1.54) is 35.5 Å². The second kappa shape index (κ2) is 12.8. The average Bonchev–Trinajstić information content (AvgIpc) is 2.77. The van der Waals surface area contributed by atoms with Crippen LogP contribution in [0.5, 0.6) is 0 Å². The Kier molecular flexibility index (Phi) is 11.1. The highest BCUT2D eigenvalue weighted by molar-refractivity contribution is 8.00. The Labute approximate surface area is 201 Å². The lowest BCUT2D eigenvalue weighted by molar-refractivity contribution is -0.248. The van der Waals surface area contributed by atoms with Gasteiger partial charge in [-0.05, 0) is 38.2 Å². The predicted octanol–water partition coefficient (Wildman–Crippen LogP) is 2.45. The third-order valence-electron chi connectivity index (χ3n) is 5.51. The summed E-state index contributed by atoms with van der Waals surface area (Å²) in [7, 11) is 6.84. The van der Waals surface area contributed by atoms with Crippen molar-refractivity contribution in [2.45, 2.75) is 61.6 Å². The summed E-state index contributed by atoms with van der Waals surface area (Å²) in [5.41, 5.74) is 0. The highest BCUT2D eigenvalue weighted by Gasteiger charge is 2.42. The predicted molar refractivity (Wildman–Crippen MR) is 129 cm³/mol. The van der Waals surface area contributed by atoms with Gasteiger partial charge in [-0.2, -0.15) is 23.5 Å². The molecule has 10 heteroatoms. The molecule has 2 heterocycles. The molecule has 2 amide bonds. The van der Waals surface area contributed by atoms with Crippen molar-refractivity contribution in [1.82, 2.24) is 9.80 Å². The SMILES string of the molecule is CN(C)C(=O)C1(C)OCC(SCCCCCCSC2COC(C)(C(=O)N(C)C)OC2)CO1. The molecule has 8 nitrogen and oxygen atoms in total. The monoisotopic (exact) mass is 492 g/mol. The van der Waals surface area contributed by atoms with E-state index in [0.717, 1.165) is 11.5 Å². The number of unbranched alkanes of at least 4 members (excludes halogenated alkanes) is 3. The van der Waals surface area contributed by atoms with Crippen molar-refractivity contribution in [3.05, 3.63) is 0 Å². The van der Waals surface area contributed by atoms with Gasteiger partial charge in [0.1, 0.15) is 0 Å². The fourth-order valence-corrected chi connectivity index (χ4v) is 5.56. The van der Waals surface area contributed by atoms with Gasteiger partial charge in [-0.3, -0.25) is 9.59 Å². The van der Waals surface area contributed by atoms with Crippen molar-refractivity contribution >= 4 is 35.3 Å². The quantitative estimate of drug-likeness (QED) is 0.407. The zero-order chi connectivity index (χ0) is 23.8. The van der Waals surface area contributed by atoms with Gasteiger partial charge in [0.25, 0.3) is 11.8 Å². The lowest BCUT2D eigenvalue weighted by Crippen LogP contribution is -2.53. The van der Waals surface area contributed by atoms with Gasteiger partial charge >= 0.3 is 0 Å². The first kappa shape index (κ1) is 27.7. The minimum Gasteiger partial charge on any atom is -0.344 e. The maximum absolute atomic E-state index is 12.1. The minimum absolute atomic E-state index is 0.152. The number of rotatable bonds is 11. The van der Waals surface area contributed by atoms with E-state index in [2.05, 4.69) is 0 Å². The number of hydrogen-bond donors (Lipinski definition) is 0. The van der Waals surface area contributed by atoms with Gasteiger partial charge in [0, 0.05) is 28.2 Å². The Balaban J connectivity index is 1.47. The van der Waals surface area contributed by atoms with Crippen LogP contribution in [0.4, 0.5) is 0 Å². The topological polar surface area (TPSA) is 77.5 Å². The molecule has 0 aromatic carbocycles. The zero-order valence-electron chi connectivity index (χ0n) is 20.4. The zero-order valence-corrected chi connectivity index (χ0v) is 22.0. The van der Waals surface area contributed by atoms with E-state index in [9.17, 15) is 9.59 Å². The minimum atomic E-state index is -1.15. The van der Waals surface area contributed by atoms with Crippen LogP contribution in [0.25, 0.3) is 0 Å². The van der Waals surface area contributed by atoms with E-state index in [0.29, 0.717) is 26.4 Å². The lowest BCUT2D eigenvalue weighted by atomic mass is 10.2. The van der Waals surface area contributed by atoms with Gasteiger partial charge in [-0.25, -0.2) is 0 Å². The number of thioether (sulfide) groups is 2. The van der Waals surface area contributed by atoms with Gasteiger partial charge in [-0.15, -0.1) is 0 Å². The highest BCUT2D eigenvalue weighted by Crippen LogP contribution is 2.28. The first-order valence-electron chi connectivity index (χ1n) is 11.3. The highest BCUT2D eigenvalue weighted by atomic mass is 32.2. The van der Waals surface area contributed by atoms with Gasteiger partial charge in [-0.1, -0.05) is 12.8 Å². The standard InChI is InChI=1S/C22H40N2O6S2/c1-21(19(25)23(3)4)27-13-17(14-28-21)31-11-9-7-8-10-12-32-18-15-29-22(2,30-16-18)20(26)24(5)6/h17-18H,7-16H2,1-6H3. The van der Waals surface area contributed by atoms with Gasteiger partial charge in [0.15, 0.2) is 0 Å². The molecule has 0 aliphatic carbocycles. The van der Waals surface area contributed by atoms with Crippen molar-refractivity contribution in [2.75, 3.05) is 66.1 Å². The largest absolute Gasteiger partial charge is 0.344 e. The van der Waals surface area contributed by atoms with E-state index < -0.39 is 11.6 Å². The molecule has 2 aliphatic heterocycles. The Hall–Kier alpha value is -0.520. The summed E-state index contributed by atoms with van der Waals surface area (Å²) in [6.07, 6.45) is 4.73. The maximum Gasteiger partial charge on any atom is 0.282 e. The molecule has 0 aromatic rings. The third kappa shape index (κ3) is 8.06. The summed E-state index contributed by atoms with van der Waals surface area (Å²) >= 11 is 3.73. The van der Waals surface area contributed by atoms with Crippen LogP contribution in [0.15, 0.2) is 0 Å². The molecule has 2 saturated heterocycles. The lowest BCUT2D eigenvalue weighted by Gasteiger charge is -2.37. The fraction of sp³-hybridized carbons (Fsp3) is 0.909. The number of carbonyl (C=O) groups excluding carboxylic acids is 2. The number of hydrogen-bond acceptors (Lipinski definition) is 8. The van der Waals surface area contributed by atoms with Crippen molar-refractivity contribution in [3.63, 3.8) is 0 Å². The molecule has 2 fully saturated rings. The second-order valence-electron chi connectivity index (χ2n) is 8.93. The normalized spacial score (nSPS) is 30.7. The van der Waals surface area contributed by atoms with Gasteiger partial charge in [0.2, 0.25) is 11.6 Å². The first-order valence-corrected chi connectivity index (χ1v) is 13.4. The van der Waals surface area contributed by atoms with Gasteiger partial charge in [0.05, 0.1) is 36.9 Å². The number of nitrogens with zero attached hydrogens (tertiary/aromatic N) is 2. The Morgan fingerprint density at radius 1 is 0.688 bits per heavy atom. The van der Waals surface area contributed by atoms with E-state index in [1.807, 2.05) is 23.5 Å². The smallest absolute Gasteiger partial charge is 0.282 e. The molecule has 2 aliphatic rings. The number of likely N-dealkylation sites (N-methyl/N-ethyl adjacent to an activating group) is 2. The molecule has 0 bridgehead atoms. The molecule has 0 N–H and O–H groups in total. The van der Waals surface area contributed by atoms with Crippen LogP contribution in [0.2, 0.25) is 0 Å². The molecule has 0 saturated carbocycles. The van der Waals surface area contributed by atoms with Crippen LogP contribution in [0, 0.1) is 0 Å². The van der Waals surface area contributed by atoms with Crippen molar-refractivity contribution in [1.29, 1.82) is 0 Å². The summed E-state index contributed by atoms with van der Waals surface area (Å²) in [6.45, 7) is 5.57. The number of carbonyl (C=O) groups is 2. The molecule has 0 atom stereocenters. The Morgan fingerprint density at radius 2 is 1.00 bits per heavy atom.